The van der Waals surface area contributed by atoms with E-state index in [0.717, 1.165) is 43.6 Å². The van der Waals surface area contributed by atoms with E-state index in [1.807, 2.05) is 47.3 Å². The Kier molecular flexibility index (Phi) is 6.35. The highest BCUT2D eigenvalue weighted by atomic mass is 32.2. The summed E-state index contributed by atoms with van der Waals surface area (Å²) < 4.78 is 28.7. The molecule has 0 spiro atoms. The Morgan fingerprint density at radius 3 is 2.38 bits per heavy atom. The fourth-order valence-corrected chi connectivity index (χ4v) is 4.63. The highest BCUT2D eigenvalue weighted by molar-refractivity contribution is 7.90. The molecule has 2 aromatic rings. The lowest BCUT2D eigenvalue weighted by molar-refractivity contribution is 0.322. The van der Waals surface area contributed by atoms with Gasteiger partial charge in [0.05, 0.1) is 16.0 Å². The van der Waals surface area contributed by atoms with Gasteiger partial charge in [0, 0.05) is 30.7 Å². The topological polar surface area (TPSA) is 86.9 Å². The van der Waals surface area contributed by atoms with E-state index in [4.69, 9.17) is 0 Å². The Bertz CT molecular complexity index is 961. The number of hydrogen-bond donors (Lipinski definition) is 2. The Labute approximate surface area is 174 Å². The SMILES string of the molecule is CC(C)(C)S(=O)(=O)N[C@H]1CC[C@H](CNc2ccc(-n3cccc3)c(C#N)c2)CC1. The van der Waals surface area contributed by atoms with Gasteiger partial charge in [-0.05, 0) is 82.7 Å². The van der Waals surface area contributed by atoms with Crippen molar-refractivity contribution in [2.75, 3.05) is 11.9 Å². The molecule has 2 N–H and O–H groups in total. The fraction of sp³-hybridized carbons (Fsp3) is 0.500. The van der Waals surface area contributed by atoms with E-state index in [9.17, 15) is 13.7 Å². The summed E-state index contributed by atoms with van der Waals surface area (Å²) in [6.07, 6.45) is 7.54. The standard InChI is InChI=1S/C22H30N4O2S/c1-22(2,3)29(27,28)25-19-8-6-17(7-9-19)16-24-20-10-11-21(18(14-20)15-23)26-12-4-5-13-26/h4-5,10-14,17,19,24-25H,6-9,16H2,1-3H3/t17-,19-. The van der Waals surface area contributed by atoms with E-state index in [1.54, 1.807) is 20.8 Å². The monoisotopic (exact) mass is 414 g/mol. The summed E-state index contributed by atoms with van der Waals surface area (Å²) in [6.45, 7) is 6.00. The molecule has 0 unspecified atom stereocenters. The van der Waals surface area contributed by atoms with Crippen LogP contribution in [0, 0.1) is 17.2 Å². The molecule has 0 amide bonds. The first-order chi connectivity index (χ1) is 13.7. The number of nitrogens with one attached hydrogen (secondary N) is 2. The maximum absolute atomic E-state index is 12.3. The van der Waals surface area contributed by atoms with Crippen LogP contribution in [0.15, 0.2) is 42.7 Å². The van der Waals surface area contributed by atoms with Crippen LogP contribution in [0.25, 0.3) is 5.69 Å². The first kappa shape index (κ1) is 21.4. The predicted octanol–water partition coefficient (Wildman–Crippen LogP) is 4.04. The zero-order valence-corrected chi connectivity index (χ0v) is 18.2. The maximum Gasteiger partial charge on any atom is 0.216 e. The Morgan fingerprint density at radius 2 is 1.79 bits per heavy atom. The van der Waals surface area contributed by atoms with Crippen LogP contribution in [0.1, 0.15) is 52.0 Å². The Hall–Kier alpha value is -2.30. The molecule has 1 saturated carbocycles. The fourth-order valence-electron chi connectivity index (χ4n) is 3.60. The molecule has 0 radical (unpaired) electrons. The van der Waals surface area contributed by atoms with E-state index in [2.05, 4.69) is 16.1 Å². The number of sulfonamides is 1. The van der Waals surface area contributed by atoms with Crippen molar-refractivity contribution < 1.29 is 8.42 Å². The summed E-state index contributed by atoms with van der Waals surface area (Å²) in [5, 5.41) is 12.9. The quantitative estimate of drug-likeness (QED) is 0.747. The molecule has 1 aliphatic rings. The summed E-state index contributed by atoms with van der Waals surface area (Å²) in [5.74, 6) is 0.500. The van der Waals surface area contributed by atoms with Crippen LogP contribution < -0.4 is 10.0 Å². The molecule has 7 heteroatoms. The molecule has 1 aromatic heterocycles. The van der Waals surface area contributed by atoms with Gasteiger partial charge in [0.15, 0.2) is 0 Å². The Morgan fingerprint density at radius 1 is 1.14 bits per heavy atom. The van der Waals surface area contributed by atoms with Gasteiger partial charge >= 0.3 is 0 Å². The van der Waals surface area contributed by atoms with E-state index in [1.165, 1.54) is 0 Å². The largest absolute Gasteiger partial charge is 0.385 e. The van der Waals surface area contributed by atoms with Gasteiger partial charge < -0.3 is 9.88 Å². The second-order valence-electron chi connectivity index (χ2n) is 8.77. The lowest BCUT2D eigenvalue weighted by atomic mass is 9.86. The third kappa shape index (κ3) is 5.20. The summed E-state index contributed by atoms with van der Waals surface area (Å²) in [7, 11) is -3.30. The number of anilines is 1. The van der Waals surface area contributed by atoms with Gasteiger partial charge in [-0.25, -0.2) is 13.1 Å². The number of aromatic nitrogens is 1. The van der Waals surface area contributed by atoms with E-state index < -0.39 is 14.8 Å². The smallest absolute Gasteiger partial charge is 0.216 e. The molecule has 0 atom stereocenters. The lowest BCUT2D eigenvalue weighted by Gasteiger charge is -2.31. The molecule has 6 nitrogen and oxygen atoms in total. The molecule has 1 heterocycles. The van der Waals surface area contributed by atoms with E-state index in [-0.39, 0.29) is 6.04 Å². The van der Waals surface area contributed by atoms with Crippen molar-refractivity contribution in [3.63, 3.8) is 0 Å². The minimum Gasteiger partial charge on any atom is -0.385 e. The molecular weight excluding hydrogens is 384 g/mol. The summed E-state index contributed by atoms with van der Waals surface area (Å²) in [5.41, 5.74) is 2.44. The molecule has 29 heavy (non-hydrogen) atoms. The number of nitrogens with zero attached hydrogens (tertiary/aromatic N) is 2. The molecule has 0 aliphatic heterocycles. The van der Waals surface area contributed by atoms with Crippen molar-refractivity contribution in [2.45, 2.75) is 57.2 Å². The first-order valence-corrected chi connectivity index (χ1v) is 11.6. The van der Waals surface area contributed by atoms with Crippen LogP contribution in [0.3, 0.4) is 0 Å². The van der Waals surface area contributed by atoms with E-state index >= 15 is 0 Å². The molecule has 156 valence electrons. The lowest BCUT2D eigenvalue weighted by Crippen LogP contribution is -2.46. The van der Waals surface area contributed by atoms with Gasteiger partial charge in [-0.1, -0.05) is 0 Å². The maximum atomic E-state index is 12.3. The molecule has 0 bridgehead atoms. The minimum absolute atomic E-state index is 0.0292. The third-order valence-electron chi connectivity index (χ3n) is 5.57. The second kappa shape index (κ2) is 8.60. The third-order valence-corrected chi connectivity index (χ3v) is 7.83. The van der Waals surface area contributed by atoms with Crippen LogP contribution >= 0.6 is 0 Å². The van der Waals surface area contributed by atoms with Crippen molar-refractivity contribution in [1.29, 1.82) is 5.26 Å². The van der Waals surface area contributed by atoms with Crippen molar-refractivity contribution in [2.24, 2.45) is 5.92 Å². The molecular formula is C22H30N4O2S. The van der Waals surface area contributed by atoms with Crippen molar-refractivity contribution in [3.05, 3.63) is 48.3 Å². The van der Waals surface area contributed by atoms with Gasteiger partial charge in [-0.15, -0.1) is 0 Å². The van der Waals surface area contributed by atoms with Gasteiger partial charge in [0.25, 0.3) is 0 Å². The second-order valence-corrected chi connectivity index (χ2v) is 11.2. The van der Waals surface area contributed by atoms with Crippen LogP contribution in [0.5, 0.6) is 0 Å². The van der Waals surface area contributed by atoms with E-state index in [0.29, 0.717) is 11.5 Å². The van der Waals surface area contributed by atoms with Crippen LogP contribution in [-0.2, 0) is 10.0 Å². The molecule has 3 rings (SSSR count). The average Bonchev–Trinajstić information content (AvgIpc) is 3.20. The highest BCUT2D eigenvalue weighted by Crippen LogP contribution is 2.27. The number of hydrogen-bond acceptors (Lipinski definition) is 4. The Balaban J connectivity index is 1.53. The summed E-state index contributed by atoms with van der Waals surface area (Å²) in [6, 6.07) is 12.0. The van der Waals surface area contributed by atoms with Gasteiger partial charge in [0.2, 0.25) is 10.0 Å². The average molecular weight is 415 g/mol. The van der Waals surface area contributed by atoms with Crippen LogP contribution in [0.2, 0.25) is 0 Å². The highest BCUT2D eigenvalue weighted by Gasteiger charge is 2.32. The zero-order valence-electron chi connectivity index (χ0n) is 17.4. The first-order valence-electron chi connectivity index (χ1n) is 10.1. The molecule has 1 aliphatic carbocycles. The van der Waals surface area contributed by atoms with Gasteiger partial charge in [0.1, 0.15) is 6.07 Å². The number of nitriles is 1. The minimum atomic E-state index is -3.30. The van der Waals surface area contributed by atoms with Crippen molar-refractivity contribution in [1.82, 2.24) is 9.29 Å². The van der Waals surface area contributed by atoms with Gasteiger partial charge in [-0.2, -0.15) is 5.26 Å². The number of rotatable bonds is 6. The molecule has 0 saturated heterocycles. The van der Waals surface area contributed by atoms with Crippen molar-refractivity contribution in [3.8, 4) is 11.8 Å². The normalized spacial score (nSPS) is 20.2. The van der Waals surface area contributed by atoms with Crippen LogP contribution in [-0.4, -0.2) is 30.3 Å². The number of benzene rings is 1. The van der Waals surface area contributed by atoms with Gasteiger partial charge in [-0.3, -0.25) is 0 Å². The summed E-state index contributed by atoms with van der Waals surface area (Å²) >= 11 is 0. The van der Waals surface area contributed by atoms with Crippen LogP contribution in [0.4, 0.5) is 5.69 Å². The predicted molar refractivity (Wildman–Crippen MR) is 117 cm³/mol. The zero-order chi connectivity index (χ0) is 21.1. The van der Waals surface area contributed by atoms with Crippen molar-refractivity contribution >= 4 is 15.7 Å². The summed E-state index contributed by atoms with van der Waals surface area (Å²) in [4.78, 5) is 0. The molecule has 1 fully saturated rings. The molecule has 1 aromatic carbocycles.